The normalized spacial score (nSPS) is 20.1. The average Bonchev–Trinajstić information content (AvgIpc) is 3.01. The number of likely N-dealkylation sites (tertiary alicyclic amines) is 1. The van der Waals surface area contributed by atoms with Crippen molar-refractivity contribution in [2.45, 2.75) is 52.5 Å². The van der Waals surface area contributed by atoms with Crippen LogP contribution in [-0.4, -0.2) is 26.7 Å². The van der Waals surface area contributed by atoms with Crippen molar-refractivity contribution in [1.29, 1.82) is 0 Å². The second kappa shape index (κ2) is 5.15. The Balaban J connectivity index is 2.34. The van der Waals surface area contributed by atoms with E-state index in [0.717, 1.165) is 0 Å². The second-order valence-electron chi connectivity index (χ2n) is 5.13. The Morgan fingerprint density at radius 2 is 2.05 bits per heavy atom. The number of amides is 2. The number of carbonyl (C=O) groups is 2. The number of imide groups is 1. The molecule has 1 aliphatic rings. The highest BCUT2D eigenvalue weighted by Crippen LogP contribution is 2.42. The van der Waals surface area contributed by atoms with E-state index in [9.17, 15) is 9.59 Å². The van der Waals surface area contributed by atoms with Crippen LogP contribution in [0.4, 0.5) is 0 Å². The molecule has 1 atom stereocenters. The summed E-state index contributed by atoms with van der Waals surface area (Å²) in [6.07, 6.45) is 5.79. The number of aromatic amines is 1. The summed E-state index contributed by atoms with van der Waals surface area (Å²) in [6.45, 7) is 5.92. The highest BCUT2D eigenvalue weighted by molar-refractivity contribution is 6.06. The topological polar surface area (TPSA) is 66.1 Å². The van der Waals surface area contributed by atoms with Gasteiger partial charge in [0.15, 0.2) is 0 Å². The van der Waals surface area contributed by atoms with Gasteiger partial charge >= 0.3 is 0 Å². The molecule has 0 bridgehead atoms. The van der Waals surface area contributed by atoms with Gasteiger partial charge in [-0.3, -0.25) is 14.5 Å². The zero-order chi connectivity index (χ0) is 14.0. The maximum Gasteiger partial charge on any atom is 0.236 e. The number of hydrogen-bond acceptors (Lipinski definition) is 3. The minimum Gasteiger partial charge on any atom is -0.347 e. The number of imidazole rings is 1. The quantitative estimate of drug-likeness (QED) is 0.830. The first kappa shape index (κ1) is 13.8. The van der Waals surface area contributed by atoms with Gasteiger partial charge < -0.3 is 4.98 Å². The van der Waals surface area contributed by atoms with E-state index in [0.29, 0.717) is 31.5 Å². The van der Waals surface area contributed by atoms with Crippen molar-refractivity contribution in [3.63, 3.8) is 0 Å². The Kier molecular flexibility index (Phi) is 3.73. The first-order valence-electron chi connectivity index (χ1n) is 6.95. The van der Waals surface area contributed by atoms with Crippen molar-refractivity contribution < 1.29 is 9.59 Å². The summed E-state index contributed by atoms with van der Waals surface area (Å²) in [7, 11) is 0. The van der Waals surface area contributed by atoms with Gasteiger partial charge in [-0.1, -0.05) is 20.8 Å². The van der Waals surface area contributed by atoms with Crippen molar-refractivity contribution in [1.82, 2.24) is 14.9 Å². The summed E-state index contributed by atoms with van der Waals surface area (Å²) < 4.78 is 0. The standard InChI is InChI=1S/C14H21N3O2/c1-4-10(12-15-7-8-16-12)17-11(18)9-14(5-2,6-3)13(17)19/h7-8,10H,4-6,9H2,1-3H3,(H,15,16). The second-order valence-corrected chi connectivity index (χ2v) is 5.13. The summed E-state index contributed by atoms with van der Waals surface area (Å²) in [6, 6.07) is -0.269. The molecule has 1 N–H and O–H groups in total. The maximum absolute atomic E-state index is 12.7. The third kappa shape index (κ3) is 2.07. The van der Waals surface area contributed by atoms with Crippen molar-refractivity contribution in [3.8, 4) is 0 Å². The van der Waals surface area contributed by atoms with E-state index in [-0.39, 0.29) is 17.9 Å². The highest BCUT2D eigenvalue weighted by atomic mass is 16.2. The maximum atomic E-state index is 12.7. The molecule has 1 aromatic heterocycles. The fourth-order valence-electron chi connectivity index (χ4n) is 2.89. The first-order valence-corrected chi connectivity index (χ1v) is 6.95. The predicted octanol–water partition coefficient (Wildman–Crippen LogP) is 2.43. The Morgan fingerprint density at radius 3 is 2.47 bits per heavy atom. The molecule has 0 aliphatic carbocycles. The van der Waals surface area contributed by atoms with E-state index < -0.39 is 5.41 Å². The molecule has 1 aliphatic heterocycles. The number of hydrogen-bond donors (Lipinski definition) is 1. The molecule has 19 heavy (non-hydrogen) atoms. The average molecular weight is 263 g/mol. The van der Waals surface area contributed by atoms with E-state index >= 15 is 0 Å². The van der Waals surface area contributed by atoms with Gasteiger partial charge in [0.1, 0.15) is 5.82 Å². The molecule has 0 spiro atoms. The monoisotopic (exact) mass is 263 g/mol. The van der Waals surface area contributed by atoms with Crippen molar-refractivity contribution in [2.24, 2.45) is 5.41 Å². The summed E-state index contributed by atoms with van der Waals surface area (Å²) in [5.41, 5.74) is -0.503. The molecule has 1 saturated heterocycles. The lowest BCUT2D eigenvalue weighted by Gasteiger charge is -2.27. The van der Waals surface area contributed by atoms with Crippen molar-refractivity contribution >= 4 is 11.8 Å². The molecule has 5 nitrogen and oxygen atoms in total. The molecule has 104 valence electrons. The number of aromatic nitrogens is 2. The molecule has 1 fully saturated rings. The Bertz CT molecular complexity index is 463. The molecule has 1 aromatic rings. The van der Waals surface area contributed by atoms with Gasteiger partial charge in [0.25, 0.3) is 0 Å². The molecule has 0 aromatic carbocycles. The molecule has 2 rings (SSSR count). The van der Waals surface area contributed by atoms with Crippen LogP contribution in [-0.2, 0) is 9.59 Å². The Labute approximate surface area is 113 Å². The van der Waals surface area contributed by atoms with Crippen LogP contribution >= 0.6 is 0 Å². The van der Waals surface area contributed by atoms with Crippen LogP contribution in [0.15, 0.2) is 12.4 Å². The van der Waals surface area contributed by atoms with Crippen LogP contribution in [0.2, 0.25) is 0 Å². The minimum atomic E-state index is -0.503. The van der Waals surface area contributed by atoms with Gasteiger partial charge in [0.2, 0.25) is 11.8 Å². The number of nitrogens with one attached hydrogen (secondary N) is 1. The predicted molar refractivity (Wildman–Crippen MR) is 71.1 cm³/mol. The fraction of sp³-hybridized carbons (Fsp3) is 0.643. The number of nitrogens with zero attached hydrogens (tertiary/aromatic N) is 2. The number of H-pyrrole nitrogens is 1. The number of carbonyl (C=O) groups excluding carboxylic acids is 2. The van der Waals surface area contributed by atoms with Crippen LogP contribution in [0.3, 0.4) is 0 Å². The zero-order valence-electron chi connectivity index (χ0n) is 11.8. The zero-order valence-corrected chi connectivity index (χ0v) is 11.8. The molecule has 5 heteroatoms. The minimum absolute atomic E-state index is 0.0363. The lowest BCUT2D eigenvalue weighted by Crippen LogP contribution is -2.38. The van der Waals surface area contributed by atoms with Crippen LogP contribution in [0.5, 0.6) is 0 Å². The van der Waals surface area contributed by atoms with E-state index in [4.69, 9.17) is 0 Å². The van der Waals surface area contributed by atoms with Gasteiger partial charge in [-0.05, 0) is 19.3 Å². The highest BCUT2D eigenvalue weighted by Gasteiger charge is 2.51. The van der Waals surface area contributed by atoms with Crippen LogP contribution in [0, 0.1) is 5.41 Å². The largest absolute Gasteiger partial charge is 0.347 e. The van der Waals surface area contributed by atoms with Gasteiger partial charge in [0.05, 0.1) is 11.5 Å². The van der Waals surface area contributed by atoms with Crippen LogP contribution < -0.4 is 0 Å². The molecule has 0 radical (unpaired) electrons. The fourth-order valence-corrected chi connectivity index (χ4v) is 2.89. The van der Waals surface area contributed by atoms with Crippen LogP contribution in [0.1, 0.15) is 58.3 Å². The third-order valence-corrected chi connectivity index (χ3v) is 4.32. The molecule has 2 amide bonds. The SMILES string of the molecule is CCC(c1ncc[nH]1)N1C(=O)CC(CC)(CC)C1=O. The van der Waals surface area contributed by atoms with Gasteiger partial charge in [0, 0.05) is 18.8 Å². The summed E-state index contributed by atoms with van der Waals surface area (Å²) >= 11 is 0. The van der Waals surface area contributed by atoms with E-state index in [1.54, 1.807) is 12.4 Å². The molecular weight excluding hydrogens is 242 g/mol. The van der Waals surface area contributed by atoms with Gasteiger partial charge in [-0.2, -0.15) is 0 Å². The van der Waals surface area contributed by atoms with E-state index in [1.807, 2.05) is 20.8 Å². The molecule has 0 saturated carbocycles. The van der Waals surface area contributed by atoms with Crippen molar-refractivity contribution in [3.05, 3.63) is 18.2 Å². The molecule has 2 heterocycles. The number of rotatable bonds is 5. The summed E-state index contributed by atoms with van der Waals surface area (Å²) in [5, 5.41) is 0. The lowest BCUT2D eigenvalue weighted by molar-refractivity contribution is -0.144. The smallest absolute Gasteiger partial charge is 0.236 e. The van der Waals surface area contributed by atoms with Crippen LogP contribution in [0.25, 0.3) is 0 Å². The Morgan fingerprint density at radius 1 is 1.37 bits per heavy atom. The summed E-state index contributed by atoms with van der Waals surface area (Å²) in [4.78, 5) is 33.6. The molecular formula is C14H21N3O2. The summed E-state index contributed by atoms with van der Waals surface area (Å²) in [5.74, 6) is 0.579. The van der Waals surface area contributed by atoms with Crippen molar-refractivity contribution in [2.75, 3.05) is 0 Å². The third-order valence-electron chi connectivity index (χ3n) is 4.32. The Hall–Kier alpha value is -1.65. The molecule has 1 unspecified atom stereocenters. The van der Waals surface area contributed by atoms with Gasteiger partial charge in [-0.15, -0.1) is 0 Å². The van der Waals surface area contributed by atoms with E-state index in [2.05, 4.69) is 9.97 Å². The lowest BCUT2D eigenvalue weighted by atomic mass is 9.81. The first-order chi connectivity index (χ1) is 9.09. The van der Waals surface area contributed by atoms with E-state index in [1.165, 1.54) is 4.90 Å². The van der Waals surface area contributed by atoms with Gasteiger partial charge in [-0.25, -0.2) is 4.98 Å².